The van der Waals surface area contributed by atoms with Crippen LogP contribution in [0.3, 0.4) is 0 Å². The van der Waals surface area contributed by atoms with E-state index in [-0.39, 0.29) is 16.8 Å². The zero-order chi connectivity index (χ0) is 63.4. The summed E-state index contributed by atoms with van der Waals surface area (Å²) in [6.07, 6.45) is -4.80. The molecule has 6 heterocycles. The molecule has 94 heavy (non-hydrogen) atoms. The third-order valence-electron chi connectivity index (χ3n) is 17.4. The molecule has 0 saturated heterocycles. The van der Waals surface area contributed by atoms with Gasteiger partial charge in [-0.3, -0.25) is 0 Å². The standard InChI is InChI=1S/C83H49F3N8/c1-88-63-43-60(42-62(50-63)83(84,85)86)61-48-81(93-77-44-56(73-30-14-26-69(89-73)52-18-6-2-7-19-52)34-38-64(77)65-39-35-57(45-78(65)93)74-31-15-27-70(90-74)53-20-8-3-9-21-53)68(51-87)82(49-61)94-79-46-58(75-32-16-28-71(91-75)54-22-10-4-11-23-54)36-40-66(79)67-41-37-59(47-80(67)94)76-33-17-29-72(92-76)55-24-12-5-13-25-55/h2-50H. The quantitative estimate of drug-likeness (QED) is 0.120. The second-order valence-electron chi connectivity index (χ2n) is 23.1. The second kappa shape index (κ2) is 23.2. The van der Waals surface area contributed by atoms with Crippen molar-refractivity contribution in [2.75, 3.05) is 0 Å². The fraction of sp³-hybridized carbons (Fsp3) is 0.0120. The van der Waals surface area contributed by atoms with Crippen LogP contribution in [-0.4, -0.2) is 29.1 Å². The molecule has 0 aliphatic rings. The predicted octanol–water partition coefficient (Wildman–Crippen LogP) is 21.9. The summed E-state index contributed by atoms with van der Waals surface area (Å²) >= 11 is 0. The lowest BCUT2D eigenvalue weighted by molar-refractivity contribution is -0.137. The highest BCUT2D eigenvalue weighted by molar-refractivity contribution is 6.13. The molecule has 6 aromatic heterocycles. The van der Waals surface area contributed by atoms with Crippen molar-refractivity contribution in [3.63, 3.8) is 0 Å². The Balaban J connectivity index is 1.01. The molecule has 0 aliphatic carbocycles. The summed E-state index contributed by atoms with van der Waals surface area (Å²) in [5.41, 5.74) is 16.0. The summed E-state index contributed by atoms with van der Waals surface area (Å²) in [5, 5.41) is 15.8. The minimum Gasteiger partial charge on any atom is -0.308 e. The van der Waals surface area contributed by atoms with Gasteiger partial charge in [-0.2, -0.15) is 18.4 Å². The Morgan fingerprint density at radius 2 is 0.596 bits per heavy atom. The van der Waals surface area contributed by atoms with E-state index < -0.39 is 11.7 Å². The van der Waals surface area contributed by atoms with Gasteiger partial charge in [-0.15, -0.1) is 0 Å². The number of hydrogen-bond acceptors (Lipinski definition) is 5. The van der Waals surface area contributed by atoms with Crippen molar-refractivity contribution < 1.29 is 13.2 Å². The summed E-state index contributed by atoms with van der Waals surface area (Å²) in [6, 6.07) is 98.1. The topological polar surface area (TPSA) is 89.6 Å². The molecule has 0 bridgehead atoms. The van der Waals surface area contributed by atoms with E-state index in [2.05, 4.69) is 68.6 Å². The van der Waals surface area contributed by atoms with Crippen molar-refractivity contribution in [1.29, 1.82) is 5.26 Å². The van der Waals surface area contributed by atoms with Crippen molar-refractivity contribution in [1.82, 2.24) is 29.1 Å². The van der Waals surface area contributed by atoms with Crippen LogP contribution in [0.2, 0.25) is 0 Å². The second-order valence-corrected chi connectivity index (χ2v) is 23.1. The van der Waals surface area contributed by atoms with Crippen LogP contribution < -0.4 is 0 Å². The lowest BCUT2D eigenvalue weighted by Gasteiger charge is -2.20. The highest BCUT2D eigenvalue weighted by atomic mass is 19.4. The molecule has 0 amide bonds. The molecule has 16 aromatic rings. The third kappa shape index (κ3) is 10.3. The first kappa shape index (κ1) is 56.4. The molecule has 8 nitrogen and oxygen atoms in total. The van der Waals surface area contributed by atoms with Gasteiger partial charge in [0.25, 0.3) is 0 Å². The fourth-order valence-electron chi connectivity index (χ4n) is 12.9. The van der Waals surface area contributed by atoms with E-state index in [9.17, 15) is 5.26 Å². The van der Waals surface area contributed by atoms with Gasteiger partial charge in [0, 0.05) is 71.6 Å². The maximum Gasteiger partial charge on any atom is 0.415 e. The van der Waals surface area contributed by atoms with Crippen LogP contribution in [0, 0.1) is 17.9 Å². The minimum absolute atomic E-state index is 0.129. The Labute approximate surface area is 538 Å². The number of fused-ring (bicyclic) bond motifs is 6. The Bertz CT molecular complexity index is 5160. The van der Waals surface area contributed by atoms with Crippen molar-refractivity contribution in [3.05, 3.63) is 320 Å². The summed E-state index contributed by atoms with van der Waals surface area (Å²) < 4.78 is 49.8. The van der Waals surface area contributed by atoms with Crippen molar-refractivity contribution in [2.45, 2.75) is 6.18 Å². The number of hydrogen-bond donors (Lipinski definition) is 0. The van der Waals surface area contributed by atoms with E-state index in [0.717, 1.165) is 101 Å². The highest BCUT2D eigenvalue weighted by Gasteiger charge is 2.32. The normalized spacial score (nSPS) is 11.5. The Morgan fingerprint density at radius 3 is 0.872 bits per heavy atom. The molecule has 0 N–H and O–H groups in total. The zero-order valence-electron chi connectivity index (χ0n) is 50.0. The number of nitrogens with zero attached hydrogens (tertiary/aromatic N) is 8. The maximum atomic E-state index is 15.2. The molecular weight excluding hydrogens is 1170 g/mol. The van der Waals surface area contributed by atoms with Gasteiger partial charge in [0.05, 0.1) is 85.6 Å². The Hall–Kier alpha value is -12.8. The van der Waals surface area contributed by atoms with Gasteiger partial charge >= 0.3 is 6.18 Å². The maximum absolute atomic E-state index is 15.2. The van der Waals surface area contributed by atoms with Crippen LogP contribution >= 0.6 is 0 Å². The van der Waals surface area contributed by atoms with E-state index in [0.29, 0.717) is 61.8 Å². The number of aromatic nitrogens is 6. The van der Waals surface area contributed by atoms with E-state index in [1.807, 2.05) is 218 Å². The third-order valence-corrected chi connectivity index (χ3v) is 17.4. The summed E-state index contributed by atoms with van der Waals surface area (Å²) in [4.78, 5) is 24.4. The molecule has 11 heteroatoms. The van der Waals surface area contributed by atoms with Gasteiger partial charge in [0.2, 0.25) is 0 Å². The van der Waals surface area contributed by atoms with Crippen LogP contribution in [0.25, 0.3) is 161 Å². The fourth-order valence-corrected chi connectivity index (χ4v) is 12.9. The molecule has 442 valence electrons. The van der Waals surface area contributed by atoms with E-state index >= 15 is 13.2 Å². The van der Waals surface area contributed by atoms with Crippen LogP contribution in [0.5, 0.6) is 0 Å². The molecule has 16 rings (SSSR count). The number of rotatable bonds is 11. The first-order chi connectivity index (χ1) is 46.1. The van der Waals surface area contributed by atoms with Crippen LogP contribution in [0.1, 0.15) is 11.1 Å². The van der Waals surface area contributed by atoms with Gasteiger partial charge in [0.1, 0.15) is 11.6 Å². The molecule has 0 fully saturated rings. The average molecular weight is 1220 g/mol. The van der Waals surface area contributed by atoms with E-state index in [4.69, 9.17) is 26.5 Å². The monoisotopic (exact) mass is 1210 g/mol. The molecular formula is C83H49F3N8. The first-order valence-corrected chi connectivity index (χ1v) is 30.6. The number of halogens is 3. The van der Waals surface area contributed by atoms with Gasteiger partial charge in [-0.1, -0.05) is 194 Å². The summed E-state index contributed by atoms with van der Waals surface area (Å²) in [5.74, 6) is 0. The zero-order valence-corrected chi connectivity index (χ0v) is 50.0. The van der Waals surface area contributed by atoms with Gasteiger partial charge in [0.15, 0.2) is 5.69 Å². The largest absolute Gasteiger partial charge is 0.415 e. The summed E-state index contributed by atoms with van der Waals surface area (Å²) in [7, 11) is 0. The highest BCUT2D eigenvalue weighted by Crippen LogP contribution is 2.45. The molecule has 0 saturated carbocycles. The number of pyridine rings is 4. The molecule has 0 radical (unpaired) electrons. The number of alkyl halides is 3. The van der Waals surface area contributed by atoms with Crippen LogP contribution in [0.15, 0.2) is 297 Å². The smallest absolute Gasteiger partial charge is 0.308 e. The van der Waals surface area contributed by atoms with Crippen molar-refractivity contribution in [2.24, 2.45) is 0 Å². The molecule has 10 aromatic carbocycles. The van der Waals surface area contributed by atoms with Gasteiger partial charge < -0.3 is 9.13 Å². The van der Waals surface area contributed by atoms with E-state index in [1.54, 1.807) is 12.1 Å². The van der Waals surface area contributed by atoms with Crippen molar-refractivity contribution >= 4 is 49.3 Å². The van der Waals surface area contributed by atoms with Crippen LogP contribution in [0.4, 0.5) is 18.9 Å². The molecule has 0 unspecified atom stereocenters. The summed E-state index contributed by atoms with van der Waals surface area (Å²) in [6.45, 7) is 8.14. The lowest BCUT2D eigenvalue weighted by Crippen LogP contribution is -2.07. The average Bonchev–Trinajstić information content (AvgIpc) is 1.55. The molecule has 0 atom stereocenters. The Morgan fingerprint density at radius 1 is 0.309 bits per heavy atom. The Kier molecular flexibility index (Phi) is 13.9. The first-order valence-electron chi connectivity index (χ1n) is 30.6. The van der Waals surface area contributed by atoms with E-state index in [1.165, 1.54) is 6.07 Å². The molecule has 0 spiro atoms. The van der Waals surface area contributed by atoms with Gasteiger partial charge in [-0.05, 0) is 114 Å². The van der Waals surface area contributed by atoms with Gasteiger partial charge in [-0.25, -0.2) is 24.8 Å². The SMILES string of the molecule is [C-]#[N+]c1cc(-c2cc(-n3c4cc(-c5cccc(-c6ccccc6)n5)ccc4c4ccc(-c5cccc(-c6ccccc6)n5)cc43)c(C#N)c(-n3c4cc(-c5cccc(-c6ccccc6)n5)ccc4c4ccc(-c5cccc(-c6ccccc6)n5)cc43)c2)cc(C(F)(F)F)c1. The number of nitriles is 1. The minimum atomic E-state index is -4.80. The van der Waals surface area contributed by atoms with Crippen LogP contribution in [-0.2, 0) is 6.18 Å². The predicted molar refractivity (Wildman–Crippen MR) is 371 cm³/mol. The molecule has 0 aliphatic heterocycles. The number of benzene rings is 10. The lowest BCUT2D eigenvalue weighted by atomic mass is 9.97. The van der Waals surface area contributed by atoms with Crippen molar-refractivity contribution in [3.8, 4) is 119 Å².